The lowest BCUT2D eigenvalue weighted by molar-refractivity contribution is 0.102. The second-order valence-electron chi connectivity index (χ2n) is 5.52. The minimum atomic E-state index is -0.139. The van der Waals surface area contributed by atoms with Crippen LogP contribution in [0, 0.1) is 13.8 Å². The van der Waals surface area contributed by atoms with Crippen LogP contribution in [-0.4, -0.2) is 10.9 Å². The van der Waals surface area contributed by atoms with E-state index in [0.717, 1.165) is 28.2 Å². The van der Waals surface area contributed by atoms with Crippen molar-refractivity contribution in [2.45, 2.75) is 13.8 Å². The molecular formula is C20H18N2O. The second kappa shape index (κ2) is 6.44. The molecule has 0 spiro atoms. The van der Waals surface area contributed by atoms with E-state index in [4.69, 9.17) is 0 Å². The zero-order valence-corrected chi connectivity index (χ0v) is 13.2. The minimum absolute atomic E-state index is 0.139. The topological polar surface area (TPSA) is 42.0 Å². The maximum atomic E-state index is 12.4. The number of nitrogens with zero attached hydrogens (tertiary/aromatic N) is 1. The third-order valence-corrected chi connectivity index (χ3v) is 3.68. The number of carbonyl (C=O) groups excluding carboxylic acids is 1. The fourth-order valence-electron chi connectivity index (χ4n) is 2.49. The van der Waals surface area contributed by atoms with Gasteiger partial charge in [-0.2, -0.15) is 0 Å². The van der Waals surface area contributed by atoms with Gasteiger partial charge in [-0.15, -0.1) is 0 Å². The summed E-state index contributed by atoms with van der Waals surface area (Å²) in [7, 11) is 0. The smallest absolute Gasteiger partial charge is 0.257 e. The molecule has 2 aromatic carbocycles. The fraction of sp³-hybridized carbons (Fsp3) is 0.100. The minimum Gasteiger partial charge on any atom is -0.322 e. The molecule has 1 heterocycles. The van der Waals surface area contributed by atoms with Gasteiger partial charge in [0.05, 0.1) is 17.0 Å². The number of rotatable bonds is 3. The fourth-order valence-corrected chi connectivity index (χ4v) is 2.49. The Bertz CT molecular complexity index is 841. The highest BCUT2D eigenvalue weighted by Crippen LogP contribution is 2.19. The first-order chi connectivity index (χ1) is 11.1. The number of carbonyl (C=O) groups is 1. The molecule has 0 aliphatic rings. The molecule has 3 rings (SSSR count). The van der Waals surface area contributed by atoms with Crippen LogP contribution in [0.25, 0.3) is 11.3 Å². The van der Waals surface area contributed by atoms with Gasteiger partial charge in [0.2, 0.25) is 0 Å². The summed E-state index contributed by atoms with van der Waals surface area (Å²) in [6, 6.07) is 21.4. The zero-order chi connectivity index (χ0) is 16.2. The molecule has 0 aliphatic carbocycles. The molecule has 3 heteroatoms. The Morgan fingerprint density at radius 3 is 2.39 bits per heavy atom. The normalized spacial score (nSPS) is 10.3. The van der Waals surface area contributed by atoms with Gasteiger partial charge in [-0.3, -0.25) is 9.78 Å². The summed E-state index contributed by atoms with van der Waals surface area (Å²) in [5, 5.41) is 2.92. The maximum Gasteiger partial charge on any atom is 0.257 e. The number of benzene rings is 2. The third-order valence-electron chi connectivity index (χ3n) is 3.68. The number of nitrogens with one attached hydrogen (secondary N) is 1. The molecule has 3 nitrogen and oxygen atoms in total. The van der Waals surface area contributed by atoms with Crippen LogP contribution in [0.2, 0.25) is 0 Å². The van der Waals surface area contributed by atoms with Crippen molar-refractivity contribution in [1.29, 1.82) is 0 Å². The molecule has 0 aliphatic heterocycles. The standard InChI is InChI=1S/C20H18N2O/c1-14-7-6-10-17(13-14)22-20(23)18-11-12-19(21-15(18)2)16-8-4-3-5-9-16/h3-13H,1-2H3,(H,22,23). The summed E-state index contributed by atoms with van der Waals surface area (Å²) in [4.78, 5) is 17.0. The molecule has 0 bridgehead atoms. The highest BCUT2D eigenvalue weighted by atomic mass is 16.1. The van der Waals surface area contributed by atoms with Gasteiger partial charge in [-0.05, 0) is 43.7 Å². The van der Waals surface area contributed by atoms with E-state index in [1.807, 2.05) is 80.6 Å². The van der Waals surface area contributed by atoms with Crippen molar-refractivity contribution >= 4 is 11.6 Å². The highest BCUT2D eigenvalue weighted by molar-refractivity contribution is 6.05. The Labute approximate surface area is 136 Å². The van der Waals surface area contributed by atoms with Crippen molar-refractivity contribution in [2.75, 3.05) is 5.32 Å². The van der Waals surface area contributed by atoms with Gasteiger partial charge < -0.3 is 5.32 Å². The first-order valence-corrected chi connectivity index (χ1v) is 7.54. The Morgan fingerprint density at radius 1 is 0.913 bits per heavy atom. The lowest BCUT2D eigenvalue weighted by atomic mass is 10.1. The Hall–Kier alpha value is -2.94. The number of amides is 1. The molecule has 0 fully saturated rings. The molecule has 1 aromatic heterocycles. The first-order valence-electron chi connectivity index (χ1n) is 7.54. The monoisotopic (exact) mass is 302 g/mol. The predicted molar refractivity (Wildman–Crippen MR) is 93.5 cm³/mol. The van der Waals surface area contributed by atoms with E-state index in [0.29, 0.717) is 5.56 Å². The zero-order valence-electron chi connectivity index (χ0n) is 13.2. The summed E-state index contributed by atoms with van der Waals surface area (Å²) in [6.07, 6.45) is 0. The van der Waals surface area contributed by atoms with Crippen LogP contribution in [-0.2, 0) is 0 Å². The van der Waals surface area contributed by atoms with Gasteiger partial charge in [-0.25, -0.2) is 0 Å². The number of aryl methyl sites for hydroxylation is 2. The Morgan fingerprint density at radius 2 is 1.70 bits per heavy atom. The molecule has 0 unspecified atom stereocenters. The van der Waals surface area contributed by atoms with Crippen molar-refractivity contribution in [1.82, 2.24) is 4.98 Å². The van der Waals surface area contributed by atoms with Gasteiger partial charge in [0.25, 0.3) is 5.91 Å². The van der Waals surface area contributed by atoms with Crippen LogP contribution in [0.3, 0.4) is 0 Å². The number of anilines is 1. The average molecular weight is 302 g/mol. The van der Waals surface area contributed by atoms with Crippen molar-refractivity contribution < 1.29 is 4.79 Å². The molecule has 114 valence electrons. The molecule has 0 atom stereocenters. The highest BCUT2D eigenvalue weighted by Gasteiger charge is 2.11. The Balaban J connectivity index is 1.84. The number of hydrogen-bond donors (Lipinski definition) is 1. The number of aromatic nitrogens is 1. The van der Waals surface area contributed by atoms with E-state index >= 15 is 0 Å². The summed E-state index contributed by atoms with van der Waals surface area (Å²) in [6.45, 7) is 3.86. The van der Waals surface area contributed by atoms with Crippen molar-refractivity contribution in [3.05, 3.63) is 83.6 Å². The van der Waals surface area contributed by atoms with Gasteiger partial charge in [0, 0.05) is 11.3 Å². The average Bonchev–Trinajstić information content (AvgIpc) is 2.55. The predicted octanol–water partition coefficient (Wildman–Crippen LogP) is 4.62. The quantitative estimate of drug-likeness (QED) is 0.767. The third kappa shape index (κ3) is 3.46. The first kappa shape index (κ1) is 15.0. The molecule has 3 aromatic rings. The summed E-state index contributed by atoms with van der Waals surface area (Å²) in [5.74, 6) is -0.139. The molecule has 23 heavy (non-hydrogen) atoms. The summed E-state index contributed by atoms with van der Waals surface area (Å²) >= 11 is 0. The van der Waals surface area contributed by atoms with Gasteiger partial charge in [0.1, 0.15) is 0 Å². The lowest BCUT2D eigenvalue weighted by Crippen LogP contribution is -2.14. The van der Waals surface area contributed by atoms with Crippen LogP contribution < -0.4 is 5.32 Å². The van der Waals surface area contributed by atoms with Crippen LogP contribution in [0.15, 0.2) is 66.7 Å². The molecule has 1 N–H and O–H groups in total. The van der Waals surface area contributed by atoms with E-state index in [9.17, 15) is 4.79 Å². The van der Waals surface area contributed by atoms with Crippen LogP contribution >= 0.6 is 0 Å². The van der Waals surface area contributed by atoms with Gasteiger partial charge in [0.15, 0.2) is 0 Å². The summed E-state index contributed by atoms with van der Waals surface area (Å²) in [5.41, 5.74) is 5.12. The van der Waals surface area contributed by atoms with Gasteiger partial charge in [-0.1, -0.05) is 42.5 Å². The molecule has 0 saturated carbocycles. The molecule has 0 saturated heterocycles. The van der Waals surface area contributed by atoms with E-state index < -0.39 is 0 Å². The van der Waals surface area contributed by atoms with Crippen LogP contribution in [0.1, 0.15) is 21.6 Å². The molecular weight excluding hydrogens is 284 g/mol. The van der Waals surface area contributed by atoms with Crippen LogP contribution in [0.5, 0.6) is 0 Å². The Kier molecular flexibility index (Phi) is 4.20. The largest absolute Gasteiger partial charge is 0.322 e. The molecule has 1 amide bonds. The van der Waals surface area contributed by atoms with Crippen molar-refractivity contribution in [3.63, 3.8) is 0 Å². The van der Waals surface area contributed by atoms with E-state index in [-0.39, 0.29) is 5.91 Å². The molecule has 0 radical (unpaired) electrons. The number of pyridine rings is 1. The van der Waals surface area contributed by atoms with Crippen molar-refractivity contribution in [2.24, 2.45) is 0 Å². The number of hydrogen-bond acceptors (Lipinski definition) is 2. The lowest BCUT2D eigenvalue weighted by Gasteiger charge is -2.09. The van der Waals surface area contributed by atoms with Crippen LogP contribution in [0.4, 0.5) is 5.69 Å². The maximum absolute atomic E-state index is 12.4. The summed E-state index contributed by atoms with van der Waals surface area (Å²) < 4.78 is 0. The SMILES string of the molecule is Cc1cccc(NC(=O)c2ccc(-c3ccccc3)nc2C)c1. The van der Waals surface area contributed by atoms with Crippen molar-refractivity contribution in [3.8, 4) is 11.3 Å². The van der Waals surface area contributed by atoms with E-state index in [2.05, 4.69) is 10.3 Å². The van der Waals surface area contributed by atoms with E-state index in [1.165, 1.54) is 0 Å². The van der Waals surface area contributed by atoms with Gasteiger partial charge >= 0.3 is 0 Å². The van der Waals surface area contributed by atoms with E-state index in [1.54, 1.807) is 0 Å². The second-order valence-corrected chi connectivity index (χ2v) is 5.52.